The lowest BCUT2D eigenvalue weighted by atomic mass is 10.2. The molecule has 0 saturated heterocycles. The van der Waals surface area contributed by atoms with Gasteiger partial charge in [-0.2, -0.15) is 0 Å². The lowest BCUT2D eigenvalue weighted by molar-refractivity contribution is 0.639. The summed E-state index contributed by atoms with van der Waals surface area (Å²) in [7, 11) is 0. The van der Waals surface area contributed by atoms with Crippen LogP contribution >= 0.6 is 11.3 Å². The third-order valence-electron chi connectivity index (χ3n) is 2.21. The number of aromatic nitrogens is 4. The Morgan fingerprint density at radius 3 is 3.00 bits per heavy atom. The molecule has 2 aromatic rings. The fourth-order valence-corrected chi connectivity index (χ4v) is 2.06. The number of nitrogens with zero attached hydrogens (tertiary/aromatic N) is 4. The molecule has 2 rings (SSSR count). The summed E-state index contributed by atoms with van der Waals surface area (Å²) in [4.78, 5) is 4.39. The molecular weight excluding hydrogens is 222 g/mol. The van der Waals surface area contributed by atoms with Crippen LogP contribution in [0.25, 0.3) is 0 Å². The number of hydrogen-bond acceptors (Lipinski definition) is 5. The van der Waals surface area contributed by atoms with Gasteiger partial charge in [-0.05, 0) is 26.3 Å². The third kappa shape index (κ3) is 2.86. The van der Waals surface area contributed by atoms with E-state index in [-0.39, 0.29) is 0 Å². The van der Waals surface area contributed by atoms with Crippen LogP contribution in [0.5, 0.6) is 0 Å². The molecule has 0 spiro atoms. The SMILES string of the molecule is Cc1nc(Cn2cc(CCCN)nn2)cs1. The average molecular weight is 237 g/mol. The van der Waals surface area contributed by atoms with Crippen molar-refractivity contribution in [3.05, 3.63) is 28.0 Å². The van der Waals surface area contributed by atoms with Crippen molar-refractivity contribution in [3.8, 4) is 0 Å². The second-order valence-corrected chi connectivity index (χ2v) is 4.72. The Balaban J connectivity index is 1.97. The molecule has 0 saturated carbocycles. The zero-order valence-electron chi connectivity index (χ0n) is 9.26. The van der Waals surface area contributed by atoms with Gasteiger partial charge in [0.15, 0.2) is 0 Å². The van der Waals surface area contributed by atoms with Gasteiger partial charge in [-0.3, -0.25) is 0 Å². The van der Waals surface area contributed by atoms with E-state index < -0.39 is 0 Å². The Kier molecular flexibility index (Phi) is 3.63. The van der Waals surface area contributed by atoms with E-state index in [0.717, 1.165) is 29.2 Å². The smallest absolute Gasteiger partial charge is 0.0898 e. The van der Waals surface area contributed by atoms with Gasteiger partial charge >= 0.3 is 0 Å². The summed E-state index contributed by atoms with van der Waals surface area (Å²) in [6.07, 6.45) is 3.81. The number of rotatable bonds is 5. The molecule has 86 valence electrons. The average Bonchev–Trinajstić information content (AvgIpc) is 2.86. The van der Waals surface area contributed by atoms with E-state index in [2.05, 4.69) is 20.7 Å². The molecule has 2 N–H and O–H groups in total. The van der Waals surface area contributed by atoms with E-state index in [1.165, 1.54) is 0 Å². The van der Waals surface area contributed by atoms with Gasteiger partial charge in [-0.1, -0.05) is 5.21 Å². The highest BCUT2D eigenvalue weighted by Crippen LogP contribution is 2.09. The molecule has 0 aliphatic carbocycles. The molecule has 0 aromatic carbocycles. The molecule has 0 radical (unpaired) electrons. The summed E-state index contributed by atoms with van der Waals surface area (Å²) >= 11 is 1.66. The zero-order chi connectivity index (χ0) is 11.4. The van der Waals surface area contributed by atoms with Crippen molar-refractivity contribution in [2.24, 2.45) is 5.73 Å². The van der Waals surface area contributed by atoms with Crippen molar-refractivity contribution >= 4 is 11.3 Å². The molecule has 0 atom stereocenters. The van der Waals surface area contributed by atoms with Crippen molar-refractivity contribution in [1.82, 2.24) is 20.0 Å². The Bertz CT molecular complexity index is 448. The predicted octanol–water partition coefficient (Wildman–Crippen LogP) is 0.983. The second kappa shape index (κ2) is 5.18. The first-order valence-corrected chi connectivity index (χ1v) is 6.16. The Hall–Kier alpha value is -1.27. The maximum absolute atomic E-state index is 5.45. The summed E-state index contributed by atoms with van der Waals surface area (Å²) < 4.78 is 1.82. The van der Waals surface area contributed by atoms with Gasteiger partial charge in [-0.25, -0.2) is 9.67 Å². The summed E-state index contributed by atoms with van der Waals surface area (Å²) in [6, 6.07) is 0. The molecule has 0 bridgehead atoms. The second-order valence-electron chi connectivity index (χ2n) is 3.66. The third-order valence-corrected chi connectivity index (χ3v) is 3.04. The van der Waals surface area contributed by atoms with Gasteiger partial charge in [0.1, 0.15) is 0 Å². The van der Waals surface area contributed by atoms with Crippen LogP contribution in [0.3, 0.4) is 0 Å². The Labute approximate surface area is 98.3 Å². The molecule has 16 heavy (non-hydrogen) atoms. The summed E-state index contributed by atoms with van der Waals surface area (Å²) in [6.45, 7) is 3.39. The van der Waals surface area contributed by atoms with Gasteiger partial charge in [0.05, 0.1) is 22.9 Å². The molecule has 2 aromatic heterocycles. The highest BCUT2D eigenvalue weighted by Gasteiger charge is 2.03. The molecule has 0 aliphatic rings. The zero-order valence-corrected chi connectivity index (χ0v) is 10.1. The van der Waals surface area contributed by atoms with E-state index in [9.17, 15) is 0 Å². The fourth-order valence-electron chi connectivity index (χ4n) is 1.46. The monoisotopic (exact) mass is 237 g/mol. The van der Waals surface area contributed by atoms with Crippen LogP contribution in [0.2, 0.25) is 0 Å². The summed E-state index contributed by atoms with van der Waals surface area (Å²) in [5, 5.41) is 11.3. The normalized spacial score (nSPS) is 10.9. The molecule has 0 fully saturated rings. The van der Waals surface area contributed by atoms with Crippen molar-refractivity contribution < 1.29 is 0 Å². The van der Waals surface area contributed by atoms with E-state index in [4.69, 9.17) is 5.73 Å². The van der Waals surface area contributed by atoms with Gasteiger partial charge in [0, 0.05) is 11.6 Å². The summed E-state index contributed by atoms with van der Waals surface area (Å²) in [5.74, 6) is 0. The highest BCUT2D eigenvalue weighted by atomic mass is 32.1. The summed E-state index contributed by atoms with van der Waals surface area (Å²) in [5.41, 5.74) is 7.48. The van der Waals surface area contributed by atoms with Crippen LogP contribution < -0.4 is 5.73 Å². The molecule has 6 heteroatoms. The quantitative estimate of drug-likeness (QED) is 0.841. The maximum atomic E-state index is 5.45. The number of thiazole rings is 1. The first kappa shape index (κ1) is 11.2. The van der Waals surface area contributed by atoms with Crippen molar-refractivity contribution in [3.63, 3.8) is 0 Å². The maximum Gasteiger partial charge on any atom is 0.0898 e. The van der Waals surface area contributed by atoms with Gasteiger partial charge in [0.25, 0.3) is 0 Å². The van der Waals surface area contributed by atoms with Gasteiger partial charge in [0.2, 0.25) is 0 Å². The molecule has 5 nitrogen and oxygen atoms in total. The van der Waals surface area contributed by atoms with Crippen LogP contribution in [-0.4, -0.2) is 26.5 Å². The van der Waals surface area contributed by atoms with E-state index in [1.54, 1.807) is 11.3 Å². The fraction of sp³-hybridized carbons (Fsp3) is 0.500. The van der Waals surface area contributed by atoms with Crippen molar-refractivity contribution in [2.75, 3.05) is 6.54 Å². The highest BCUT2D eigenvalue weighted by molar-refractivity contribution is 7.09. The van der Waals surface area contributed by atoms with Crippen LogP contribution in [0, 0.1) is 6.92 Å². The number of aryl methyl sites for hydroxylation is 2. The van der Waals surface area contributed by atoms with Crippen LogP contribution in [0.1, 0.15) is 22.8 Å². The minimum Gasteiger partial charge on any atom is -0.330 e. The molecule has 0 aliphatic heterocycles. The van der Waals surface area contributed by atoms with Gasteiger partial charge in [-0.15, -0.1) is 16.4 Å². The van der Waals surface area contributed by atoms with Crippen LogP contribution in [0.4, 0.5) is 0 Å². The molecule has 0 amide bonds. The standard InChI is InChI=1S/C10H15N5S/c1-8-12-10(7-16-8)6-15-5-9(13-14-15)3-2-4-11/h5,7H,2-4,6,11H2,1H3. The van der Waals surface area contributed by atoms with Crippen molar-refractivity contribution in [2.45, 2.75) is 26.3 Å². The van der Waals surface area contributed by atoms with E-state index in [1.807, 2.05) is 17.8 Å². The minimum atomic E-state index is 0.693. The largest absolute Gasteiger partial charge is 0.330 e. The minimum absolute atomic E-state index is 0.693. The molecule has 0 unspecified atom stereocenters. The first-order chi connectivity index (χ1) is 7.78. The Morgan fingerprint density at radius 2 is 2.31 bits per heavy atom. The number of hydrogen-bond donors (Lipinski definition) is 1. The predicted molar refractivity (Wildman–Crippen MR) is 63.4 cm³/mol. The van der Waals surface area contributed by atoms with Gasteiger partial charge < -0.3 is 5.73 Å². The topological polar surface area (TPSA) is 69.6 Å². The lowest BCUT2D eigenvalue weighted by Gasteiger charge is -1.94. The number of nitrogens with two attached hydrogens (primary N) is 1. The molecule has 2 heterocycles. The first-order valence-electron chi connectivity index (χ1n) is 5.28. The Morgan fingerprint density at radius 1 is 1.44 bits per heavy atom. The van der Waals surface area contributed by atoms with E-state index in [0.29, 0.717) is 13.1 Å². The van der Waals surface area contributed by atoms with Crippen LogP contribution in [0.15, 0.2) is 11.6 Å². The van der Waals surface area contributed by atoms with Crippen LogP contribution in [-0.2, 0) is 13.0 Å². The van der Waals surface area contributed by atoms with Crippen molar-refractivity contribution in [1.29, 1.82) is 0 Å². The molecular formula is C10H15N5S. The van der Waals surface area contributed by atoms with E-state index >= 15 is 0 Å². The lowest BCUT2D eigenvalue weighted by Crippen LogP contribution is -2.01.